The van der Waals surface area contributed by atoms with Gasteiger partial charge in [-0.3, -0.25) is 0 Å². The molecule has 2 amide bonds. The Morgan fingerprint density at radius 2 is 2.38 bits per heavy atom. The Bertz CT molecular complexity index is 493. The van der Waals surface area contributed by atoms with Crippen molar-refractivity contribution < 1.29 is 14.3 Å². The predicted octanol–water partition coefficient (Wildman–Crippen LogP) is 2.23. The van der Waals surface area contributed by atoms with Crippen LogP contribution in [0.25, 0.3) is 0 Å². The van der Waals surface area contributed by atoms with Crippen LogP contribution in [0.2, 0.25) is 0 Å². The van der Waals surface area contributed by atoms with Crippen LogP contribution >= 0.6 is 11.8 Å². The van der Waals surface area contributed by atoms with Gasteiger partial charge in [0.2, 0.25) is 0 Å². The van der Waals surface area contributed by atoms with Crippen molar-refractivity contribution in [1.29, 1.82) is 0 Å². The predicted molar refractivity (Wildman–Crippen MR) is 83.0 cm³/mol. The molecule has 2 atom stereocenters. The number of urea groups is 1. The van der Waals surface area contributed by atoms with E-state index in [0.717, 1.165) is 17.7 Å². The van der Waals surface area contributed by atoms with Gasteiger partial charge in [0.1, 0.15) is 5.82 Å². The zero-order valence-corrected chi connectivity index (χ0v) is 12.9. The number of carbonyl (C=O) groups excluding carboxylic acids is 1. The molecule has 0 radical (unpaired) electrons. The first-order valence-corrected chi connectivity index (χ1v) is 8.49. The maximum Gasteiger partial charge on any atom is 0.315 e. The Labute approximate surface area is 128 Å². The highest BCUT2D eigenvalue weighted by molar-refractivity contribution is 7.98. The van der Waals surface area contributed by atoms with E-state index in [9.17, 15) is 9.18 Å². The van der Waals surface area contributed by atoms with Crippen LogP contribution in [0.1, 0.15) is 30.0 Å². The number of hydrogen-bond donors (Lipinski definition) is 3. The van der Waals surface area contributed by atoms with Gasteiger partial charge in [-0.05, 0) is 42.7 Å². The van der Waals surface area contributed by atoms with Crippen molar-refractivity contribution in [3.63, 3.8) is 0 Å². The molecule has 116 valence electrons. The number of nitrogens with one attached hydrogen (secondary N) is 2. The molecule has 1 aliphatic rings. The molecular weight excluding hydrogens is 291 g/mol. The first-order chi connectivity index (χ1) is 10.2. The molecular formula is C15H21FN2O2S. The summed E-state index contributed by atoms with van der Waals surface area (Å²) in [6.07, 6.45) is 3.86. The lowest BCUT2D eigenvalue weighted by Crippen LogP contribution is -2.44. The van der Waals surface area contributed by atoms with Crippen molar-refractivity contribution in [1.82, 2.24) is 10.6 Å². The lowest BCUT2D eigenvalue weighted by Gasteiger charge is -2.20. The molecule has 0 heterocycles. The highest BCUT2D eigenvalue weighted by Gasteiger charge is 2.26. The van der Waals surface area contributed by atoms with E-state index < -0.39 is 0 Å². The summed E-state index contributed by atoms with van der Waals surface area (Å²) in [6, 6.07) is 4.54. The second-order valence-electron chi connectivity index (χ2n) is 5.18. The maximum atomic E-state index is 13.7. The largest absolute Gasteiger partial charge is 0.396 e. The minimum Gasteiger partial charge on any atom is -0.396 e. The Morgan fingerprint density at radius 1 is 1.57 bits per heavy atom. The number of thioether (sulfide) groups is 1. The molecule has 0 fully saturated rings. The molecule has 0 saturated heterocycles. The Kier molecular flexibility index (Phi) is 5.87. The van der Waals surface area contributed by atoms with Gasteiger partial charge in [0.15, 0.2) is 0 Å². The van der Waals surface area contributed by atoms with E-state index in [4.69, 9.17) is 5.11 Å². The third-order valence-corrected chi connectivity index (χ3v) is 4.44. The van der Waals surface area contributed by atoms with E-state index >= 15 is 0 Å². The first kappa shape index (κ1) is 16.1. The van der Waals surface area contributed by atoms with Gasteiger partial charge in [-0.2, -0.15) is 11.8 Å². The van der Waals surface area contributed by atoms with Crippen LogP contribution in [0.5, 0.6) is 0 Å². The first-order valence-electron chi connectivity index (χ1n) is 7.09. The molecule has 0 saturated carbocycles. The van der Waals surface area contributed by atoms with Crippen molar-refractivity contribution in [3.05, 3.63) is 35.1 Å². The number of rotatable bonds is 6. The topological polar surface area (TPSA) is 61.4 Å². The Morgan fingerprint density at radius 3 is 3.10 bits per heavy atom. The number of carbonyl (C=O) groups is 1. The fraction of sp³-hybridized carbons (Fsp3) is 0.533. The Balaban J connectivity index is 1.94. The van der Waals surface area contributed by atoms with Gasteiger partial charge in [0.25, 0.3) is 0 Å². The third-order valence-electron chi connectivity index (χ3n) is 3.70. The van der Waals surface area contributed by atoms with Crippen LogP contribution in [0.15, 0.2) is 18.2 Å². The number of fused-ring (bicyclic) bond motifs is 1. The molecule has 2 rings (SSSR count). The number of benzene rings is 1. The summed E-state index contributed by atoms with van der Waals surface area (Å²) >= 11 is 1.62. The SMILES string of the molecule is CSCC(CCO)NC(=O)NC1CCc2c(F)cccc21. The fourth-order valence-corrected chi connectivity index (χ4v) is 3.35. The van der Waals surface area contributed by atoms with Crippen molar-refractivity contribution in [3.8, 4) is 0 Å². The normalized spacial score (nSPS) is 18.1. The molecule has 4 nitrogen and oxygen atoms in total. The second kappa shape index (κ2) is 7.66. The maximum absolute atomic E-state index is 13.7. The van der Waals surface area contributed by atoms with Crippen LogP contribution in [-0.2, 0) is 6.42 Å². The summed E-state index contributed by atoms with van der Waals surface area (Å²) in [6.45, 7) is 0.0446. The molecule has 0 aliphatic heterocycles. The van der Waals surface area contributed by atoms with Crippen molar-refractivity contribution in [2.24, 2.45) is 0 Å². The number of aliphatic hydroxyl groups is 1. The smallest absolute Gasteiger partial charge is 0.315 e. The minimum atomic E-state index is -0.260. The van der Waals surface area contributed by atoms with Gasteiger partial charge in [0, 0.05) is 18.4 Å². The molecule has 1 aliphatic carbocycles. The molecule has 1 aromatic carbocycles. The van der Waals surface area contributed by atoms with E-state index in [2.05, 4.69) is 10.6 Å². The number of aliphatic hydroxyl groups excluding tert-OH is 1. The molecule has 0 spiro atoms. The molecule has 0 aromatic heterocycles. The molecule has 3 N–H and O–H groups in total. The van der Waals surface area contributed by atoms with Gasteiger partial charge in [-0.1, -0.05) is 12.1 Å². The quantitative estimate of drug-likeness (QED) is 0.755. The molecule has 0 bridgehead atoms. The van der Waals surface area contributed by atoms with Crippen LogP contribution in [-0.4, -0.2) is 35.8 Å². The van der Waals surface area contributed by atoms with Crippen molar-refractivity contribution >= 4 is 17.8 Å². The van der Waals surface area contributed by atoms with E-state index in [1.165, 1.54) is 6.07 Å². The van der Waals surface area contributed by atoms with Crippen molar-refractivity contribution in [2.75, 3.05) is 18.6 Å². The number of hydrogen-bond acceptors (Lipinski definition) is 3. The lowest BCUT2D eigenvalue weighted by atomic mass is 10.1. The minimum absolute atomic E-state index is 0.0446. The Hall–Kier alpha value is -1.27. The van der Waals surface area contributed by atoms with Crippen LogP contribution in [0.3, 0.4) is 0 Å². The van der Waals surface area contributed by atoms with Gasteiger partial charge in [0.05, 0.1) is 6.04 Å². The van der Waals surface area contributed by atoms with E-state index in [-0.39, 0.29) is 30.5 Å². The summed E-state index contributed by atoms with van der Waals surface area (Å²) in [7, 11) is 0. The molecule has 6 heteroatoms. The monoisotopic (exact) mass is 312 g/mol. The van der Waals surface area contributed by atoms with Crippen LogP contribution in [0, 0.1) is 5.82 Å². The van der Waals surface area contributed by atoms with Gasteiger partial charge >= 0.3 is 6.03 Å². The summed E-state index contributed by atoms with van der Waals surface area (Å²) in [5.41, 5.74) is 1.58. The van der Waals surface area contributed by atoms with Crippen LogP contribution < -0.4 is 10.6 Å². The van der Waals surface area contributed by atoms with E-state index in [1.54, 1.807) is 17.8 Å². The molecule has 21 heavy (non-hydrogen) atoms. The van der Waals surface area contributed by atoms with E-state index in [1.807, 2.05) is 12.3 Å². The zero-order chi connectivity index (χ0) is 15.2. The summed E-state index contributed by atoms with van der Waals surface area (Å²) in [4.78, 5) is 12.0. The molecule has 1 aromatic rings. The summed E-state index contributed by atoms with van der Waals surface area (Å²) < 4.78 is 13.7. The van der Waals surface area contributed by atoms with Crippen LogP contribution in [0.4, 0.5) is 9.18 Å². The van der Waals surface area contributed by atoms with Gasteiger partial charge in [-0.15, -0.1) is 0 Å². The number of halogens is 1. The van der Waals surface area contributed by atoms with Gasteiger partial charge in [-0.25, -0.2) is 9.18 Å². The van der Waals surface area contributed by atoms with Gasteiger partial charge < -0.3 is 15.7 Å². The summed E-state index contributed by atoms with van der Waals surface area (Å²) in [5, 5.41) is 14.8. The standard InChI is InChI=1S/C15H21FN2O2S/c1-21-9-10(7-8-19)17-15(20)18-14-6-5-11-12(14)3-2-4-13(11)16/h2-4,10,14,19H,5-9H2,1H3,(H2,17,18,20). The second-order valence-corrected chi connectivity index (χ2v) is 6.09. The average molecular weight is 312 g/mol. The molecule has 2 unspecified atom stereocenters. The highest BCUT2D eigenvalue weighted by Crippen LogP contribution is 2.32. The summed E-state index contributed by atoms with van der Waals surface area (Å²) in [5.74, 6) is 0.557. The lowest BCUT2D eigenvalue weighted by molar-refractivity contribution is 0.228. The third kappa shape index (κ3) is 4.11. The zero-order valence-electron chi connectivity index (χ0n) is 12.1. The average Bonchev–Trinajstić information content (AvgIpc) is 2.84. The number of amides is 2. The fourth-order valence-electron chi connectivity index (χ4n) is 2.70. The van der Waals surface area contributed by atoms with Crippen molar-refractivity contribution in [2.45, 2.75) is 31.3 Å². The van der Waals surface area contributed by atoms with E-state index in [0.29, 0.717) is 18.4 Å². The highest BCUT2D eigenvalue weighted by atomic mass is 32.2.